The van der Waals surface area contributed by atoms with E-state index in [-0.39, 0.29) is 0 Å². The molecule has 0 saturated carbocycles. The van der Waals surface area contributed by atoms with Crippen LogP contribution in [0.15, 0.2) is 6.20 Å². The van der Waals surface area contributed by atoms with Gasteiger partial charge in [0.25, 0.3) is 0 Å². The van der Waals surface area contributed by atoms with Gasteiger partial charge in [0.1, 0.15) is 5.82 Å². The van der Waals surface area contributed by atoms with Gasteiger partial charge >= 0.3 is 0 Å². The van der Waals surface area contributed by atoms with Crippen molar-refractivity contribution in [2.24, 2.45) is 0 Å². The standard InChI is InChI=1S/C9H18N4/c1-7-11-5-8(12-7)9(6-10-2)13(3)4/h5,9-10H,6H2,1-4H3,(H,11,12). The van der Waals surface area contributed by atoms with Crippen molar-refractivity contribution in [2.75, 3.05) is 27.7 Å². The average Bonchev–Trinajstić information content (AvgIpc) is 2.46. The van der Waals surface area contributed by atoms with Crippen LogP contribution in [-0.2, 0) is 0 Å². The molecule has 74 valence electrons. The van der Waals surface area contributed by atoms with Gasteiger partial charge in [0.15, 0.2) is 0 Å². The molecule has 0 aliphatic rings. The van der Waals surface area contributed by atoms with Crippen molar-refractivity contribution in [3.8, 4) is 0 Å². The Labute approximate surface area is 79.4 Å². The number of nitrogens with zero attached hydrogens (tertiary/aromatic N) is 2. The number of rotatable bonds is 4. The van der Waals surface area contributed by atoms with Crippen LogP contribution in [0.4, 0.5) is 0 Å². The Morgan fingerprint density at radius 3 is 2.69 bits per heavy atom. The molecule has 1 heterocycles. The highest BCUT2D eigenvalue weighted by molar-refractivity contribution is 5.06. The van der Waals surface area contributed by atoms with Gasteiger partial charge in [-0.25, -0.2) is 4.98 Å². The van der Waals surface area contributed by atoms with Gasteiger partial charge in [-0.3, -0.25) is 4.90 Å². The highest BCUT2D eigenvalue weighted by Crippen LogP contribution is 2.14. The summed E-state index contributed by atoms with van der Waals surface area (Å²) in [5.74, 6) is 0.970. The number of aromatic nitrogens is 2. The van der Waals surface area contributed by atoms with E-state index in [1.54, 1.807) is 0 Å². The second-order valence-corrected chi connectivity index (χ2v) is 3.46. The van der Waals surface area contributed by atoms with E-state index >= 15 is 0 Å². The second kappa shape index (κ2) is 4.39. The number of hydrogen-bond acceptors (Lipinski definition) is 3. The molecule has 4 heteroatoms. The monoisotopic (exact) mass is 182 g/mol. The van der Waals surface area contributed by atoms with Crippen molar-refractivity contribution in [1.29, 1.82) is 0 Å². The summed E-state index contributed by atoms with van der Waals surface area (Å²) in [7, 11) is 6.09. The van der Waals surface area contributed by atoms with Crippen LogP contribution < -0.4 is 5.32 Å². The first-order valence-corrected chi connectivity index (χ1v) is 4.47. The number of aromatic amines is 1. The SMILES string of the molecule is CNCC(c1cnc(C)[nH]1)N(C)C. The summed E-state index contributed by atoms with van der Waals surface area (Å²) < 4.78 is 0. The lowest BCUT2D eigenvalue weighted by Gasteiger charge is -2.22. The molecule has 0 spiro atoms. The third-order valence-corrected chi connectivity index (χ3v) is 2.10. The normalized spacial score (nSPS) is 13.6. The molecule has 1 aromatic rings. The Hall–Kier alpha value is -0.870. The highest BCUT2D eigenvalue weighted by Gasteiger charge is 2.14. The maximum atomic E-state index is 4.19. The fourth-order valence-corrected chi connectivity index (χ4v) is 1.37. The predicted molar refractivity (Wildman–Crippen MR) is 53.7 cm³/mol. The lowest BCUT2D eigenvalue weighted by atomic mass is 10.2. The molecular weight excluding hydrogens is 164 g/mol. The second-order valence-electron chi connectivity index (χ2n) is 3.46. The molecule has 0 aliphatic heterocycles. The van der Waals surface area contributed by atoms with Gasteiger partial charge in [0.05, 0.1) is 11.7 Å². The Kier molecular flexibility index (Phi) is 3.45. The van der Waals surface area contributed by atoms with Crippen LogP contribution >= 0.6 is 0 Å². The van der Waals surface area contributed by atoms with Crippen molar-refractivity contribution >= 4 is 0 Å². The van der Waals surface area contributed by atoms with Crippen molar-refractivity contribution in [1.82, 2.24) is 20.2 Å². The van der Waals surface area contributed by atoms with Gasteiger partial charge in [-0.1, -0.05) is 0 Å². The number of nitrogens with one attached hydrogen (secondary N) is 2. The van der Waals surface area contributed by atoms with Crippen molar-refractivity contribution < 1.29 is 0 Å². The van der Waals surface area contributed by atoms with Gasteiger partial charge in [-0.05, 0) is 28.1 Å². The molecule has 0 fully saturated rings. The molecule has 4 nitrogen and oxygen atoms in total. The van der Waals surface area contributed by atoms with E-state index in [4.69, 9.17) is 0 Å². The van der Waals surface area contributed by atoms with E-state index in [1.165, 1.54) is 0 Å². The molecule has 0 aromatic carbocycles. The number of H-pyrrole nitrogens is 1. The minimum absolute atomic E-state index is 0.367. The summed E-state index contributed by atoms with van der Waals surface area (Å²) in [6, 6.07) is 0.367. The molecular formula is C9H18N4. The van der Waals surface area contributed by atoms with Crippen molar-refractivity contribution in [2.45, 2.75) is 13.0 Å². The molecule has 0 aliphatic carbocycles. The zero-order valence-corrected chi connectivity index (χ0v) is 8.76. The van der Waals surface area contributed by atoms with Crippen LogP contribution in [0.1, 0.15) is 17.6 Å². The minimum atomic E-state index is 0.367. The third kappa shape index (κ3) is 2.54. The van der Waals surface area contributed by atoms with Gasteiger partial charge in [-0.2, -0.15) is 0 Å². The average molecular weight is 182 g/mol. The van der Waals surface area contributed by atoms with Gasteiger partial charge in [-0.15, -0.1) is 0 Å². The van der Waals surface area contributed by atoms with Crippen LogP contribution in [0.5, 0.6) is 0 Å². The largest absolute Gasteiger partial charge is 0.345 e. The minimum Gasteiger partial charge on any atom is -0.345 e. The van der Waals surface area contributed by atoms with Crippen LogP contribution in [0.3, 0.4) is 0 Å². The summed E-state index contributed by atoms with van der Waals surface area (Å²) in [6.45, 7) is 2.89. The van der Waals surface area contributed by atoms with Gasteiger partial charge in [0, 0.05) is 12.7 Å². The summed E-state index contributed by atoms with van der Waals surface area (Å²) in [5, 5.41) is 3.17. The Balaban J connectivity index is 2.75. The van der Waals surface area contributed by atoms with E-state index in [0.717, 1.165) is 18.1 Å². The highest BCUT2D eigenvalue weighted by atomic mass is 15.1. The quantitative estimate of drug-likeness (QED) is 0.714. The Bertz CT molecular complexity index is 254. The first-order chi connectivity index (χ1) is 6.15. The molecule has 0 amide bonds. The molecule has 0 saturated heterocycles. The van der Waals surface area contributed by atoms with Crippen LogP contribution in [0, 0.1) is 6.92 Å². The summed E-state index contributed by atoms with van der Waals surface area (Å²) in [6.07, 6.45) is 1.90. The number of hydrogen-bond donors (Lipinski definition) is 2. The smallest absolute Gasteiger partial charge is 0.103 e. The Morgan fingerprint density at radius 1 is 1.62 bits per heavy atom. The fourth-order valence-electron chi connectivity index (χ4n) is 1.37. The van der Waals surface area contributed by atoms with Crippen LogP contribution in [-0.4, -0.2) is 42.6 Å². The van der Waals surface area contributed by atoms with Crippen LogP contribution in [0.2, 0.25) is 0 Å². The topological polar surface area (TPSA) is 44.0 Å². The summed E-state index contributed by atoms with van der Waals surface area (Å²) in [5.41, 5.74) is 1.16. The molecule has 1 aromatic heterocycles. The van der Waals surface area contributed by atoms with Gasteiger partial charge < -0.3 is 10.3 Å². The molecule has 2 N–H and O–H groups in total. The number of aryl methyl sites for hydroxylation is 1. The lowest BCUT2D eigenvalue weighted by molar-refractivity contribution is 0.289. The van der Waals surface area contributed by atoms with Crippen molar-refractivity contribution in [3.63, 3.8) is 0 Å². The van der Waals surface area contributed by atoms with Crippen molar-refractivity contribution in [3.05, 3.63) is 17.7 Å². The fraction of sp³-hybridized carbons (Fsp3) is 0.667. The third-order valence-electron chi connectivity index (χ3n) is 2.10. The van der Waals surface area contributed by atoms with Gasteiger partial charge in [0.2, 0.25) is 0 Å². The molecule has 1 unspecified atom stereocenters. The summed E-state index contributed by atoms with van der Waals surface area (Å²) in [4.78, 5) is 9.61. The molecule has 1 rings (SSSR count). The zero-order valence-electron chi connectivity index (χ0n) is 8.76. The zero-order chi connectivity index (χ0) is 9.84. The maximum Gasteiger partial charge on any atom is 0.103 e. The molecule has 0 radical (unpaired) electrons. The van der Waals surface area contributed by atoms with E-state index in [2.05, 4.69) is 34.3 Å². The van der Waals surface area contributed by atoms with Crippen LogP contribution in [0.25, 0.3) is 0 Å². The Morgan fingerprint density at radius 2 is 2.31 bits per heavy atom. The first-order valence-electron chi connectivity index (χ1n) is 4.47. The van der Waals surface area contributed by atoms with E-state index < -0.39 is 0 Å². The van der Waals surface area contributed by atoms with E-state index in [0.29, 0.717) is 6.04 Å². The lowest BCUT2D eigenvalue weighted by Crippen LogP contribution is -2.29. The maximum absolute atomic E-state index is 4.19. The predicted octanol–water partition coefficient (Wildman–Crippen LogP) is 0.540. The summed E-state index contributed by atoms with van der Waals surface area (Å²) >= 11 is 0. The number of likely N-dealkylation sites (N-methyl/N-ethyl adjacent to an activating group) is 2. The number of imidazole rings is 1. The van der Waals surface area contributed by atoms with E-state index in [9.17, 15) is 0 Å². The van der Waals surface area contributed by atoms with E-state index in [1.807, 2.05) is 20.2 Å². The molecule has 13 heavy (non-hydrogen) atoms. The molecule has 1 atom stereocenters. The molecule has 0 bridgehead atoms. The first kappa shape index (κ1) is 10.2.